The molecule has 0 aromatic rings. The number of carbonyl (C=O) groups is 1. The summed E-state index contributed by atoms with van der Waals surface area (Å²) in [6, 6.07) is 0.265. The van der Waals surface area contributed by atoms with E-state index in [4.69, 9.17) is 14.6 Å². The van der Waals surface area contributed by atoms with E-state index in [9.17, 15) is 4.79 Å². The molecule has 0 amide bonds. The van der Waals surface area contributed by atoms with Crippen molar-refractivity contribution in [1.82, 2.24) is 5.32 Å². The van der Waals surface area contributed by atoms with Crippen molar-refractivity contribution >= 4 is 5.97 Å². The highest BCUT2D eigenvalue weighted by Gasteiger charge is 2.02. The number of nitrogens with one attached hydrogen (secondary N) is 1. The van der Waals surface area contributed by atoms with Crippen molar-refractivity contribution in [3.8, 4) is 0 Å². The molecular formula is C10H21NO4. The maximum absolute atomic E-state index is 10.8. The molecule has 90 valence electrons. The lowest BCUT2D eigenvalue weighted by Gasteiger charge is -2.11. The van der Waals surface area contributed by atoms with Crippen LogP contribution in [0.15, 0.2) is 0 Å². The molecule has 0 rings (SSSR count). The predicted octanol–water partition coefficient (Wildman–Crippen LogP) is -0.0734. The summed E-state index contributed by atoms with van der Waals surface area (Å²) >= 11 is 0. The van der Waals surface area contributed by atoms with Crippen LogP contribution in [0.4, 0.5) is 0 Å². The molecule has 0 bridgehead atoms. The number of hydrogen-bond acceptors (Lipinski definition) is 5. The van der Waals surface area contributed by atoms with Gasteiger partial charge in [0, 0.05) is 19.2 Å². The molecular weight excluding hydrogens is 198 g/mol. The van der Waals surface area contributed by atoms with Gasteiger partial charge in [0.25, 0.3) is 0 Å². The van der Waals surface area contributed by atoms with Crippen molar-refractivity contribution in [3.05, 3.63) is 0 Å². The van der Waals surface area contributed by atoms with Crippen LogP contribution in [0.5, 0.6) is 0 Å². The van der Waals surface area contributed by atoms with Crippen LogP contribution in [-0.2, 0) is 14.3 Å². The van der Waals surface area contributed by atoms with Crippen molar-refractivity contribution in [2.45, 2.75) is 26.3 Å². The molecule has 0 aliphatic carbocycles. The number of ether oxygens (including phenoxy) is 2. The topological polar surface area (TPSA) is 67.8 Å². The molecule has 0 fully saturated rings. The van der Waals surface area contributed by atoms with Crippen LogP contribution in [0.3, 0.4) is 0 Å². The fraction of sp³-hybridized carbons (Fsp3) is 0.900. The first kappa shape index (κ1) is 14.3. The lowest BCUT2D eigenvalue weighted by molar-refractivity contribution is -0.148. The molecule has 0 saturated heterocycles. The molecule has 0 saturated carbocycles. The number of aliphatic hydroxyl groups excluding tert-OH is 1. The Hall–Kier alpha value is -0.650. The molecule has 5 nitrogen and oxygen atoms in total. The van der Waals surface area contributed by atoms with E-state index in [0.717, 1.165) is 6.42 Å². The third-order valence-corrected chi connectivity index (χ3v) is 1.83. The molecule has 0 spiro atoms. The molecule has 0 radical (unpaired) electrons. The zero-order chi connectivity index (χ0) is 11.5. The molecule has 0 aromatic carbocycles. The van der Waals surface area contributed by atoms with Gasteiger partial charge in [0.05, 0.1) is 13.2 Å². The second kappa shape index (κ2) is 9.89. The van der Waals surface area contributed by atoms with Gasteiger partial charge in [0.1, 0.15) is 6.61 Å². The minimum atomic E-state index is -0.332. The first-order valence-corrected chi connectivity index (χ1v) is 5.28. The third-order valence-electron chi connectivity index (χ3n) is 1.83. The van der Waals surface area contributed by atoms with Crippen LogP contribution in [-0.4, -0.2) is 50.1 Å². The fourth-order valence-electron chi connectivity index (χ4n) is 1.03. The van der Waals surface area contributed by atoms with Gasteiger partial charge in [-0.05, 0) is 20.3 Å². The van der Waals surface area contributed by atoms with Crippen LogP contribution in [0.25, 0.3) is 0 Å². The summed E-state index contributed by atoms with van der Waals surface area (Å²) in [7, 11) is 0. The number of rotatable bonds is 9. The highest BCUT2D eigenvalue weighted by Crippen LogP contribution is 1.87. The number of carbonyl (C=O) groups excluding carboxylic acids is 1. The van der Waals surface area contributed by atoms with Crippen LogP contribution >= 0.6 is 0 Å². The lowest BCUT2D eigenvalue weighted by Crippen LogP contribution is -2.30. The van der Waals surface area contributed by atoms with Crippen molar-refractivity contribution in [1.29, 1.82) is 0 Å². The van der Waals surface area contributed by atoms with E-state index in [0.29, 0.717) is 19.8 Å². The Morgan fingerprint density at radius 2 is 2.27 bits per heavy atom. The van der Waals surface area contributed by atoms with Crippen molar-refractivity contribution in [2.24, 2.45) is 0 Å². The Bertz CT molecular complexity index is 164. The van der Waals surface area contributed by atoms with Gasteiger partial charge in [-0.2, -0.15) is 0 Å². The molecule has 0 heterocycles. The molecule has 0 aromatic heterocycles. The number of hydrogen-bond donors (Lipinski definition) is 2. The maximum atomic E-state index is 10.8. The van der Waals surface area contributed by atoms with Crippen molar-refractivity contribution < 1.29 is 19.4 Å². The zero-order valence-electron chi connectivity index (χ0n) is 9.49. The van der Waals surface area contributed by atoms with Gasteiger partial charge < -0.3 is 19.9 Å². The van der Waals surface area contributed by atoms with Gasteiger partial charge in [-0.25, -0.2) is 4.79 Å². The largest absolute Gasteiger partial charge is 0.464 e. The van der Waals surface area contributed by atoms with Gasteiger partial charge >= 0.3 is 5.97 Å². The van der Waals surface area contributed by atoms with E-state index in [-0.39, 0.29) is 25.2 Å². The van der Waals surface area contributed by atoms with Crippen LogP contribution in [0.1, 0.15) is 20.3 Å². The smallest absolute Gasteiger partial charge is 0.332 e. The molecule has 1 atom stereocenters. The molecule has 2 N–H and O–H groups in total. The summed E-state index contributed by atoms with van der Waals surface area (Å²) in [6.45, 7) is 5.45. The van der Waals surface area contributed by atoms with Gasteiger partial charge in [0.15, 0.2) is 0 Å². The monoisotopic (exact) mass is 219 g/mol. The fourth-order valence-corrected chi connectivity index (χ4v) is 1.03. The summed E-state index contributed by atoms with van der Waals surface area (Å²) in [5.74, 6) is -0.332. The Kier molecular flexibility index (Phi) is 9.46. The highest BCUT2D eigenvalue weighted by atomic mass is 16.6. The standard InChI is InChI=1S/C10H21NO4/c1-3-15-10(13)8-14-7-5-11-9(2)4-6-12/h9,11-12H,3-8H2,1-2H3. The van der Waals surface area contributed by atoms with E-state index >= 15 is 0 Å². The Balaban J connectivity index is 3.20. The van der Waals surface area contributed by atoms with E-state index in [1.54, 1.807) is 6.92 Å². The molecule has 0 aliphatic heterocycles. The van der Waals surface area contributed by atoms with Gasteiger partial charge in [0.2, 0.25) is 0 Å². The minimum absolute atomic E-state index is 0.00387. The molecule has 1 unspecified atom stereocenters. The lowest BCUT2D eigenvalue weighted by atomic mass is 10.2. The van der Waals surface area contributed by atoms with Gasteiger partial charge in [-0.15, -0.1) is 0 Å². The summed E-state index contributed by atoms with van der Waals surface area (Å²) < 4.78 is 9.77. The summed E-state index contributed by atoms with van der Waals surface area (Å²) in [5, 5.41) is 11.8. The van der Waals surface area contributed by atoms with Crippen molar-refractivity contribution in [3.63, 3.8) is 0 Å². The number of aliphatic hydroxyl groups is 1. The minimum Gasteiger partial charge on any atom is -0.464 e. The van der Waals surface area contributed by atoms with Crippen molar-refractivity contribution in [2.75, 3.05) is 33.0 Å². The average Bonchev–Trinajstić information content (AvgIpc) is 2.18. The first-order valence-electron chi connectivity index (χ1n) is 5.28. The van der Waals surface area contributed by atoms with E-state index in [1.807, 2.05) is 6.92 Å². The second-order valence-electron chi connectivity index (χ2n) is 3.23. The SMILES string of the molecule is CCOC(=O)COCCNC(C)CCO. The third kappa shape index (κ3) is 9.65. The molecule has 15 heavy (non-hydrogen) atoms. The molecule has 0 aliphatic rings. The van der Waals surface area contributed by atoms with Gasteiger partial charge in [-0.3, -0.25) is 0 Å². The predicted molar refractivity (Wildman–Crippen MR) is 56.6 cm³/mol. The summed E-state index contributed by atoms with van der Waals surface area (Å²) in [4.78, 5) is 10.8. The van der Waals surface area contributed by atoms with E-state index in [2.05, 4.69) is 5.32 Å². The Morgan fingerprint density at radius 1 is 1.53 bits per heavy atom. The van der Waals surface area contributed by atoms with Crippen LogP contribution in [0, 0.1) is 0 Å². The maximum Gasteiger partial charge on any atom is 0.332 e. The molecule has 5 heteroatoms. The number of esters is 1. The van der Waals surface area contributed by atoms with Crippen LogP contribution < -0.4 is 5.32 Å². The quantitative estimate of drug-likeness (QED) is 0.419. The Morgan fingerprint density at radius 3 is 2.87 bits per heavy atom. The Labute approximate surface area is 90.8 Å². The summed E-state index contributed by atoms with van der Waals surface area (Å²) in [5.41, 5.74) is 0. The van der Waals surface area contributed by atoms with Gasteiger partial charge in [-0.1, -0.05) is 0 Å². The average molecular weight is 219 g/mol. The zero-order valence-corrected chi connectivity index (χ0v) is 9.49. The first-order chi connectivity index (χ1) is 7.20. The summed E-state index contributed by atoms with van der Waals surface area (Å²) in [6.07, 6.45) is 0.720. The normalized spacial score (nSPS) is 12.5. The highest BCUT2D eigenvalue weighted by molar-refractivity contribution is 5.70. The van der Waals surface area contributed by atoms with Crippen LogP contribution in [0.2, 0.25) is 0 Å². The second-order valence-corrected chi connectivity index (χ2v) is 3.23. The van der Waals surface area contributed by atoms with E-state index < -0.39 is 0 Å². The van der Waals surface area contributed by atoms with E-state index in [1.165, 1.54) is 0 Å².